The number of hydrogen-bond donors (Lipinski definition) is 1. The zero-order valence-electron chi connectivity index (χ0n) is 17.1. The highest BCUT2D eigenvalue weighted by Gasteiger charge is 2.30. The highest BCUT2D eigenvalue weighted by Crippen LogP contribution is 2.33. The standard InChI is InChI=1S/C24H18F3NO5/c25-24(26,27)16-7-5-15(6-8-16)18-3-1-2-4-19(18)23(30)33-14-22(29)28-17-9-10-20-21(13-17)32-12-11-31-20/h1-10,13H,11-12,14H2,(H,28,29). The summed E-state index contributed by atoms with van der Waals surface area (Å²) in [5.41, 5.74) is 0.594. The fourth-order valence-corrected chi connectivity index (χ4v) is 3.28. The van der Waals surface area contributed by atoms with Crippen molar-refractivity contribution in [3.63, 3.8) is 0 Å². The fraction of sp³-hybridized carbons (Fsp3) is 0.167. The number of esters is 1. The number of ether oxygens (including phenoxy) is 3. The summed E-state index contributed by atoms with van der Waals surface area (Å²) in [6, 6.07) is 15.7. The second-order valence-corrected chi connectivity index (χ2v) is 7.10. The summed E-state index contributed by atoms with van der Waals surface area (Å²) in [4.78, 5) is 24.8. The number of carbonyl (C=O) groups is 2. The zero-order valence-corrected chi connectivity index (χ0v) is 17.1. The molecule has 0 fully saturated rings. The molecule has 1 aliphatic rings. The Morgan fingerprint density at radius 1 is 0.909 bits per heavy atom. The Bertz CT molecular complexity index is 1180. The molecule has 0 unspecified atom stereocenters. The number of fused-ring (bicyclic) bond motifs is 1. The third-order valence-corrected chi connectivity index (χ3v) is 4.83. The number of nitrogens with one attached hydrogen (secondary N) is 1. The van der Waals surface area contributed by atoms with Crippen LogP contribution in [0.5, 0.6) is 11.5 Å². The van der Waals surface area contributed by atoms with Crippen molar-refractivity contribution >= 4 is 17.6 Å². The zero-order chi connectivity index (χ0) is 23.4. The van der Waals surface area contributed by atoms with E-state index < -0.39 is 30.2 Å². The minimum absolute atomic E-state index is 0.129. The Morgan fingerprint density at radius 2 is 1.61 bits per heavy atom. The summed E-state index contributed by atoms with van der Waals surface area (Å²) in [6.07, 6.45) is -4.46. The predicted octanol–water partition coefficient (Wildman–Crippen LogP) is 4.94. The molecule has 0 saturated heterocycles. The third-order valence-electron chi connectivity index (χ3n) is 4.83. The van der Waals surface area contributed by atoms with Gasteiger partial charge in [0.05, 0.1) is 11.1 Å². The Morgan fingerprint density at radius 3 is 2.33 bits per heavy atom. The van der Waals surface area contributed by atoms with Gasteiger partial charge in [0.25, 0.3) is 5.91 Å². The topological polar surface area (TPSA) is 73.9 Å². The van der Waals surface area contributed by atoms with E-state index in [-0.39, 0.29) is 5.56 Å². The van der Waals surface area contributed by atoms with E-state index in [2.05, 4.69) is 5.32 Å². The van der Waals surface area contributed by atoms with Gasteiger partial charge >= 0.3 is 12.1 Å². The molecule has 9 heteroatoms. The van der Waals surface area contributed by atoms with Gasteiger partial charge in [-0.3, -0.25) is 4.79 Å². The first-order chi connectivity index (χ1) is 15.8. The van der Waals surface area contributed by atoms with E-state index in [1.165, 1.54) is 18.2 Å². The van der Waals surface area contributed by atoms with Gasteiger partial charge in [-0.25, -0.2) is 4.79 Å². The van der Waals surface area contributed by atoms with Crippen molar-refractivity contribution in [2.24, 2.45) is 0 Å². The van der Waals surface area contributed by atoms with Crippen LogP contribution in [0.25, 0.3) is 11.1 Å². The van der Waals surface area contributed by atoms with Crippen molar-refractivity contribution in [2.75, 3.05) is 25.1 Å². The lowest BCUT2D eigenvalue weighted by molar-refractivity contribution is -0.137. The summed E-state index contributed by atoms with van der Waals surface area (Å²) in [6.45, 7) is 0.303. The maximum Gasteiger partial charge on any atom is 0.416 e. The van der Waals surface area contributed by atoms with E-state index in [1.54, 1.807) is 36.4 Å². The summed E-state index contributed by atoms with van der Waals surface area (Å²) in [7, 11) is 0. The van der Waals surface area contributed by atoms with Gasteiger partial charge in [0.15, 0.2) is 18.1 Å². The van der Waals surface area contributed by atoms with Gasteiger partial charge in [0, 0.05) is 11.8 Å². The normalized spacial score (nSPS) is 12.7. The van der Waals surface area contributed by atoms with Crippen molar-refractivity contribution in [3.8, 4) is 22.6 Å². The molecule has 0 radical (unpaired) electrons. The first-order valence-electron chi connectivity index (χ1n) is 9.94. The van der Waals surface area contributed by atoms with Crippen LogP contribution in [0.1, 0.15) is 15.9 Å². The smallest absolute Gasteiger partial charge is 0.416 e. The van der Waals surface area contributed by atoms with Gasteiger partial charge < -0.3 is 19.5 Å². The highest BCUT2D eigenvalue weighted by atomic mass is 19.4. The van der Waals surface area contributed by atoms with Crippen LogP contribution < -0.4 is 14.8 Å². The van der Waals surface area contributed by atoms with E-state index in [0.717, 1.165) is 12.1 Å². The number of halogens is 3. The molecule has 1 heterocycles. The summed E-state index contributed by atoms with van der Waals surface area (Å²) >= 11 is 0. The molecule has 0 aromatic heterocycles. The lowest BCUT2D eigenvalue weighted by Gasteiger charge is -2.19. The molecule has 0 atom stereocenters. The second-order valence-electron chi connectivity index (χ2n) is 7.10. The van der Waals surface area contributed by atoms with Crippen molar-refractivity contribution in [1.29, 1.82) is 0 Å². The first-order valence-corrected chi connectivity index (χ1v) is 9.94. The molecule has 0 saturated carbocycles. The average molecular weight is 457 g/mol. The van der Waals surface area contributed by atoms with Crippen LogP contribution in [0.15, 0.2) is 66.7 Å². The third kappa shape index (κ3) is 5.25. The number of alkyl halides is 3. The average Bonchev–Trinajstić information content (AvgIpc) is 2.82. The molecule has 6 nitrogen and oxygen atoms in total. The summed E-state index contributed by atoms with van der Waals surface area (Å²) < 4.78 is 54.5. The molecule has 0 aliphatic carbocycles. The lowest BCUT2D eigenvalue weighted by Crippen LogP contribution is -2.21. The number of benzene rings is 3. The summed E-state index contributed by atoms with van der Waals surface area (Å²) in [5.74, 6) is -0.262. The largest absolute Gasteiger partial charge is 0.486 e. The molecular formula is C24H18F3NO5. The Labute approximate surface area is 186 Å². The maximum atomic E-state index is 12.8. The number of amides is 1. The van der Waals surface area contributed by atoms with Crippen LogP contribution in [-0.2, 0) is 15.7 Å². The van der Waals surface area contributed by atoms with Crippen LogP contribution in [0.2, 0.25) is 0 Å². The molecule has 3 aromatic carbocycles. The second kappa shape index (κ2) is 9.23. The minimum Gasteiger partial charge on any atom is -0.486 e. The van der Waals surface area contributed by atoms with E-state index in [4.69, 9.17) is 14.2 Å². The van der Waals surface area contributed by atoms with E-state index in [1.807, 2.05) is 0 Å². The molecule has 33 heavy (non-hydrogen) atoms. The van der Waals surface area contributed by atoms with Crippen LogP contribution in [0.3, 0.4) is 0 Å². The van der Waals surface area contributed by atoms with Gasteiger partial charge in [0.2, 0.25) is 0 Å². The van der Waals surface area contributed by atoms with Gasteiger partial charge in [0.1, 0.15) is 13.2 Å². The lowest BCUT2D eigenvalue weighted by atomic mass is 9.98. The van der Waals surface area contributed by atoms with Gasteiger partial charge in [-0.05, 0) is 41.5 Å². The molecule has 1 N–H and O–H groups in total. The van der Waals surface area contributed by atoms with Gasteiger partial charge in [-0.15, -0.1) is 0 Å². The molecular weight excluding hydrogens is 439 g/mol. The molecule has 3 aromatic rings. The molecule has 0 spiro atoms. The maximum absolute atomic E-state index is 12.8. The first kappa shape index (κ1) is 22.2. The number of anilines is 1. The molecule has 170 valence electrons. The highest BCUT2D eigenvalue weighted by molar-refractivity contribution is 5.99. The Kier molecular flexibility index (Phi) is 6.21. The molecule has 1 amide bonds. The van der Waals surface area contributed by atoms with Crippen molar-refractivity contribution in [3.05, 3.63) is 77.9 Å². The fourth-order valence-electron chi connectivity index (χ4n) is 3.28. The molecule has 1 aliphatic heterocycles. The number of rotatable bonds is 5. The predicted molar refractivity (Wildman–Crippen MR) is 113 cm³/mol. The molecule has 0 bridgehead atoms. The summed E-state index contributed by atoms with van der Waals surface area (Å²) in [5, 5.41) is 2.61. The number of hydrogen-bond acceptors (Lipinski definition) is 5. The van der Waals surface area contributed by atoms with Gasteiger partial charge in [-0.2, -0.15) is 13.2 Å². The van der Waals surface area contributed by atoms with E-state index in [9.17, 15) is 22.8 Å². The molecule has 4 rings (SSSR count). The van der Waals surface area contributed by atoms with Gasteiger partial charge in [-0.1, -0.05) is 30.3 Å². The Hall–Kier alpha value is -4.01. The van der Waals surface area contributed by atoms with E-state index in [0.29, 0.717) is 41.5 Å². The quantitative estimate of drug-likeness (QED) is 0.550. The van der Waals surface area contributed by atoms with Crippen LogP contribution in [0, 0.1) is 0 Å². The van der Waals surface area contributed by atoms with Crippen molar-refractivity contribution < 1.29 is 37.0 Å². The van der Waals surface area contributed by atoms with Crippen LogP contribution >= 0.6 is 0 Å². The monoisotopic (exact) mass is 457 g/mol. The van der Waals surface area contributed by atoms with Crippen LogP contribution in [0.4, 0.5) is 18.9 Å². The van der Waals surface area contributed by atoms with Crippen molar-refractivity contribution in [1.82, 2.24) is 0 Å². The number of carbonyl (C=O) groups excluding carboxylic acids is 2. The van der Waals surface area contributed by atoms with Crippen molar-refractivity contribution in [2.45, 2.75) is 6.18 Å². The minimum atomic E-state index is -4.46. The SMILES string of the molecule is O=C(COC(=O)c1ccccc1-c1ccc(C(F)(F)F)cc1)Nc1ccc2c(c1)OCCO2. The van der Waals surface area contributed by atoms with E-state index >= 15 is 0 Å². The van der Waals surface area contributed by atoms with Crippen LogP contribution in [-0.4, -0.2) is 31.7 Å². The Balaban J connectivity index is 1.41.